The van der Waals surface area contributed by atoms with Crippen molar-refractivity contribution in [2.24, 2.45) is 0 Å². The quantitative estimate of drug-likeness (QED) is 0.854. The summed E-state index contributed by atoms with van der Waals surface area (Å²) >= 11 is 3.16. The largest absolute Gasteiger partial charge is 0.346 e. The molecule has 0 heterocycles. The monoisotopic (exact) mass is 309 g/mol. The number of carbonyl (C=O) groups is 1. The molecular formula is C11H11BrF3NO. The van der Waals surface area contributed by atoms with Crippen molar-refractivity contribution in [2.75, 3.05) is 5.33 Å². The van der Waals surface area contributed by atoms with Gasteiger partial charge in [-0.15, -0.1) is 0 Å². The van der Waals surface area contributed by atoms with Crippen LogP contribution in [0.4, 0.5) is 13.2 Å². The smallest absolute Gasteiger partial charge is 0.257 e. The summed E-state index contributed by atoms with van der Waals surface area (Å²) in [5.41, 5.74) is -1.44. The van der Waals surface area contributed by atoms with E-state index in [1.54, 1.807) is 13.8 Å². The highest BCUT2D eigenvalue weighted by Gasteiger charge is 2.24. The lowest BCUT2D eigenvalue weighted by molar-refractivity contribution is 0.0912. The minimum absolute atomic E-state index is 0.413. The summed E-state index contributed by atoms with van der Waals surface area (Å²) in [6.07, 6.45) is 0. The van der Waals surface area contributed by atoms with E-state index in [1.807, 2.05) is 0 Å². The van der Waals surface area contributed by atoms with Crippen LogP contribution in [0.15, 0.2) is 12.1 Å². The van der Waals surface area contributed by atoms with Crippen LogP contribution in [0.5, 0.6) is 0 Å². The van der Waals surface area contributed by atoms with E-state index in [2.05, 4.69) is 21.2 Å². The molecule has 0 fully saturated rings. The molecule has 0 aromatic heterocycles. The zero-order valence-corrected chi connectivity index (χ0v) is 10.9. The highest BCUT2D eigenvalue weighted by Crippen LogP contribution is 2.16. The van der Waals surface area contributed by atoms with Gasteiger partial charge in [-0.2, -0.15) is 0 Å². The zero-order valence-electron chi connectivity index (χ0n) is 9.28. The van der Waals surface area contributed by atoms with Crippen LogP contribution >= 0.6 is 15.9 Å². The molecule has 17 heavy (non-hydrogen) atoms. The minimum atomic E-state index is -1.22. The van der Waals surface area contributed by atoms with E-state index in [0.717, 1.165) is 0 Å². The van der Waals surface area contributed by atoms with Crippen molar-refractivity contribution < 1.29 is 18.0 Å². The van der Waals surface area contributed by atoms with Gasteiger partial charge >= 0.3 is 0 Å². The number of hydrogen-bond donors (Lipinski definition) is 1. The first-order chi connectivity index (χ1) is 7.76. The van der Waals surface area contributed by atoms with Crippen molar-refractivity contribution in [2.45, 2.75) is 19.4 Å². The van der Waals surface area contributed by atoms with Gasteiger partial charge in [-0.25, -0.2) is 13.2 Å². The minimum Gasteiger partial charge on any atom is -0.346 e. The van der Waals surface area contributed by atoms with Crippen LogP contribution in [0.2, 0.25) is 0 Å². The molecular weight excluding hydrogens is 299 g/mol. The topological polar surface area (TPSA) is 29.1 Å². The molecule has 0 unspecified atom stereocenters. The van der Waals surface area contributed by atoms with Crippen LogP contribution < -0.4 is 5.32 Å². The van der Waals surface area contributed by atoms with Gasteiger partial charge in [0.15, 0.2) is 0 Å². The summed E-state index contributed by atoms with van der Waals surface area (Å²) < 4.78 is 39.2. The normalized spacial score (nSPS) is 11.4. The van der Waals surface area contributed by atoms with Gasteiger partial charge in [0.1, 0.15) is 23.0 Å². The first kappa shape index (κ1) is 14.0. The van der Waals surface area contributed by atoms with E-state index in [0.29, 0.717) is 17.5 Å². The maximum atomic E-state index is 13.3. The van der Waals surface area contributed by atoms with Crippen molar-refractivity contribution in [3.8, 4) is 0 Å². The van der Waals surface area contributed by atoms with Gasteiger partial charge in [0.25, 0.3) is 5.91 Å². The van der Waals surface area contributed by atoms with E-state index < -0.39 is 34.5 Å². The number of carbonyl (C=O) groups excluding carboxylic acids is 1. The Labute approximate surface area is 105 Å². The second-order valence-corrected chi connectivity index (χ2v) is 4.78. The van der Waals surface area contributed by atoms with Gasteiger partial charge < -0.3 is 5.32 Å². The SMILES string of the molecule is CC(C)(CBr)NC(=O)c1c(F)cc(F)cc1F. The summed E-state index contributed by atoms with van der Waals surface area (Å²) in [4.78, 5) is 11.6. The molecule has 0 atom stereocenters. The van der Waals surface area contributed by atoms with Crippen molar-refractivity contribution in [1.29, 1.82) is 0 Å². The van der Waals surface area contributed by atoms with E-state index in [-0.39, 0.29) is 0 Å². The van der Waals surface area contributed by atoms with Crippen molar-refractivity contribution in [3.63, 3.8) is 0 Å². The predicted octanol–water partition coefficient (Wildman–Crippen LogP) is 3.01. The van der Waals surface area contributed by atoms with Gasteiger partial charge in [0, 0.05) is 23.0 Å². The standard InChI is InChI=1S/C11H11BrF3NO/c1-11(2,5-12)16-10(17)9-7(14)3-6(13)4-8(9)15/h3-4H,5H2,1-2H3,(H,16,17). The third-order valence-corrected chi connectivity index (χ3v) is 3.42. The fraction of sp³-hybridized carbons (Fsp3) is 0.364. The average Bonchev–Trinajstić information content (AvgIpc) is 2.14. The second kappa shape index (κ2) is 5.08. The summed E-state index contributed by atoms with van der Waals surface area (Å²) in [5, 5.41) is 2.85. The Morgan fingerprint density at radius 3 is 2.18 bits per heavy atom. The predicted molar refractivity (Wildman–Crippen MR) is 61.7 cm³/mol. The van der Waals surface area contributed by atoms with Crippen LogP contribution in [0.1, 0.15) is 24.2 Å². The maximum Gasteiger partial charge on any atom is 0.257 e. The van der Waals surface area contributed by atoms with Crippen molar-refractivity contribution in [3.05, 3.63) is 35.1 Å². The lowest BCUT2D eigenvalue weighted by Crippen LogP contribution is -2.45. The lowest BCUT2D eigenvalue weighted by atomic mass is 10.1. The Hall–Kier alpha value is -1.04. The zero-order chi connectivity index (χ0) is 13.2. The van der Waals surface area contributed by atoms with Crippen molar-refractivity contribution in [1.82, 2.24) is 5.32 Å². The number of halogens is 4. The number of hydrogen-bond acceptors (Lipinski definition) is 1. The molecule has 6 heteroatoms. The summed E-state index contributed by atoms with van der Waals surface area (Å²) in [6.45, 7) is 3.36. The van der Waals surface area contributed by atoms with Crippen LogP contribution in [-0.4, -0.2) is 16.8 Å². The highest BCUT2D eigenvalue weighted by atomic mass is 79.9. The first-order valence-electron chi connectivity index (χ1n) is 4.80. The Morgan fingerprint density at radius 2 is 1.76 bits per heavy atom. The van der Waals surface area contributed by atoms with E-state index >= 15 is 0 Å². The van der Waals surface area contributed by atoms with E-state index in [9.17, 15) is 18.0 Å². The summed E-state index contributed by atoms with van der Waals surface area (Å²) in [5.74, 6) is -4.41. The molecule has 0 spiro atoms. The highest BCUT2D eigenvalue weighted by molar-refractivity contribution is 9.09. The second-order valence-electron chi connectivity index (χ2n) is 4.22. The number of rotatable bonds is 3. The molecule has 0 saturated heterocycles. The molecule has 0 aliphatic heterocycles. The molecule has 0 saturated carbocycles. The maximum absolute atomic E-state index is 13.3. The fourth-order valence-corrected chi connectivity index (χ4v) is 1.30. The Balaban J connectivity index is 3.05. The third kappa shape index (κ3) is 3.46. The molecule has 0 aliphatic rings. The molecule has 0 radical (unpaired) electrons. The van der Waals surface area contributed by atoms with E-state index in [4.69, 9.17) is 0 Å². The lowest BCUT2D eigenvalue weighted by Gasteiger charge is -2.23. The van der Waals surface area contributed by atoms with Gasteiger partial charge in [-0.3, -0.25) is 4.79 Å². The number of amides is 1. The molecule has 1 aromatic rings. The molecule has 0 bridgehead atoms. The van der Waals surface area contributed by atoms with Crippen LogP contribution in [-0.2, 0) is 0 Å². The fourth-order valence-electron chi connectivity index (χ4n) is 1.16. The summed E-state index contributed by atoms with van der Waals surface area (Å²) in [6, 6.07) is 0.943. The average molecular weight is 310 g/mol. The van der Waals surface area contributed by atoms with Gasteiger partial charge in [-0.1, -0.05) is 15.9 Å². The molecule has 0 aliphatic carbocycles. The third-order valence-electron chi connectivity index (χ3n) is 2.02. The molecule has 94 valence electrons. The molecule has 1 N–H and O–H groups in total. The molecule has 1 aromatic carbocycles. The number of alkyl halides is 1. The number of nitrogens with one attached hydrogen (secondary N) is 1. The van der Waals surface area contributed by atoms with Gasteiger partial charge in [0.2, 0.25) is 0 Å². The number of benzene rings is 1. The van der Waals surface area contributed by atoms with Gasteiger partial charge in [-0.05, 0) is 13.8 Å². The Kier molecular flexibility index (Phi) is 4.19. The van der Waals surface area contributed by atoms with Gasteiger partial charge in [0.05, 0.1) is 0 Å². The first-order valence-corrected chi connectivity index (χ1v) is 5.92. The molecule has 1 rings (SSSR count). The van der Waals surface area contributed by atoms with Crippen molar-refractivity contribution >= 4 is 21.8 Å². The van der Waals surface area contributed by atoms with Crippen LogP contribution in [0.25, 0.3) is 0 Å². The summed E-state index contributed by atoms with van der Waals surface area (Å²) in [7, 11) is 0. The molecule has 2 nitrogen and oxygen atoms in total. The Morgan fingerprint density at radius 1 is 1.29 bits per heavy atom. The van der Waals surface area contributed by atoms with E-state index in [1.165, 1.54) is 0 Å². The van der Waals surface area contributed by atoms with Crippen LogP contribution in [0.3, 0.4) is 0 Å². The van der Waals surface area contributed by atoms with Crippen LogP contribution in [0, 0.1) is 17.5 Å². The Bertz CT molecular complexity index is 425. The molecule has 1 amide bonds.